The summed E-state index contributed by atoms with van der Waals surface area (Å²) >= 11 is 0. The second kappa shape index (κ2) is 5.68. The average molecular weight is 281 g/mol. The lowest BCUT2D eigenvalue weighted by Crippen LogP contribution is -2.50. The summed E-state index contributed by atoms with van der Waals surface area (Å²) in [6.45, 7) is 3.90. The van der Waals surface area contributed by atoms with Crippen LogP contribution in [0.15, 0.2) is 24.3 Å². The second-order valence-corrected chi connectivity index (χ2v) is 5.54. The molecule has 0 radical (unpaired) electrons. The van der Waals surface area contributed by atoms with Crippen molar-refractivity contribution in [1.29, 1.82) is 0 Å². The molecule has 0 amide bonds. The summed E-state index contributed by atoms with van der Waals surface area (Å²) in [6.07, 6.45) is 0.926. The summed E-state index contributed by atoms with van der Waals surface area (Å²) in [5.41, 5.74) is -0.304. The van der Waals surface area contributed by atoms with E-state index in [0.717, 1.165) is 32.7 Å². The third kappa shape index (κ3) is 2.80. The van der Waals surface area contributed by atoms with E-state index in [1.807, 2.05) is 0 Å². The Hall–Kier alpha value is -1.17. The molecule has 2 aliphatic rings. The summed E-state index contributed by atoms with van der Waals surface area (Å²) in [7, 11) is 1.72. The second-order valence-electron chi connectivity index (χ2n) is 5.54. The molecule has 0 bridgehead atoms. The van der Waals surface area contributed by atoms with Crippen LogP contribution in [0.5, 0.6) is 5.75 Å². The highest BCUT2D eigenvalue weighted by Gasteiger charge is 2.43. The van der Waals surface area contributed by atoms with Crippen LogP contribution in [-0.4, -0.2) is 56.6 Å². The molecule has 20 heavy (non-hydrogen) atoms. The monoisotopic (exact) mass is 281 g/mol. The molecule has 1 unspecified atom stereocenters. The number of rotatable bonds is 5. The van der Waals surface area contributed by atoms with E-state index >= 15 is 0 Å². The fourth-order valence-corrected chi connectivity index (χ4v) is 2.74. The lowest BCUT2D eigenvalue weighted by atomic mass is 10.0. The number of hydrogen-bond donors (Lipinski definition) is 0. The number of nitrogens with zero attached hydrogens (tertiary/aromatic N) is 1. The van der Waals surface area contributed by atoms with Crippen molar-refractivity contribution in [3.63, 3.8) is 0 Å². The highest BCUT2D eigenvalue weighted by molar-refractivity contribution is 5.22. The van der Waals surface area contributed by atoms with E-state index in [1.54, 1.807) is 19.2 Å². The molecule has 0 spiro atoms. The van der Waals surface area contributed by atoms with Crippen LogP contribution in [0.1, 0.15) is 6.42 Å². The van der Waals surface area contributed by atoms with Gasteiger partial charge in [-0.25, -0.2) is 4.39 Å². The molecule has 0 aliphatic carbocycles. The Morgan fingerprint density at radius 2 is 2.30 bits per heavy atom. The van der Waals surface area contributed by atoms with Gasteiger partial charge in [0, 0.05) is 26.3 Å². The number of hydrogen-bond acceptors (Lipinski definition) is 4. The SMILES string of the molecule is COC1(COc2cccc(F)c2)CCN(C2COC2)C1. The molecule has 0 N–H and O–H groups in total. The Morgan fingerprint density at radius 3 is 2.95 bits per heavy atom. The number of halogens is 1. The smallest absolute Gasteiger partial charge is 0.126 e. The maximum absolute atomic E-state index is 13.1. The Labute approximate surface area is 118 Å². The van der Waals surface area contributed by atoms with Crippen LogP contribution in [0.4, 0.5) is 4.39 Å². The van der Waals surface area contributed by atoms with Gasteiger partial charge in [-0.05, 0) is 18.6 Å². The Balaban J connectivity index is 1.59. The fraction of sp³-hybridized carbons (Fsp3) is 0.600. The standard InChI is InChI=1S/C15H20FNO3/c1-18-15(5-6-17(10-15)13-8-19-9-13)11-20-14-4-2-3-12(16)7-14/h2-4,7,13H,5-6,8-11H2,1H3. The third-order valence-electron chi connectivity index (χ3n) is 4.21. The van der Waals surface area contributed by atoms with Gasteiger partial charge in [0.2, 0.25) is 0 Å². The van der Waals surface area contributed by atoms with Crippen LogP contribution in [0.2, 0.25) is 0 Å². The van der Waals surface area contributed by atoms with Crippen molar-refractivity contribution in [3.8, 4) is 5.75 Å². The van der Waals surface area contributed by atoms with Gasteiger partial charge >= 0.3 is 0 Å². The van der Waals surface area contributed by atoms with Crippen LogP contribution in [0.3, 0.4) is 0 Å². The quantitative estimate of drug-likeness (QED) is 0.822. The largest absolute Gasteiger partial charge is 0.490 e. The van der Waals surface area contributed by atoms with E-state index in [-0.39, 0.29) is 11.4 Å². The minimum atomic E-state index is -0.304. The predicted octanol–water partition coefficient (Wildman–Crippen LogP) is 1.69. The first kappa shape index (κ1) is 13.8. The van der Waals surface area contributed by atoms with Crippen molar-refractivity contribution in [2.75, 3.05) is 40.0 Å². The van der Waals surface area contributed by atoms with E-state index in [1.165, 1.54) is 12.1 Å². The number of likely N-dealkylation sites (tertiary alicyclic amines) is 1. The van der Waals surface area contributed by atoms with Crippen molar-refractivity contribution in [3.05, 3.63) is 30.1 Å². The summed E-state index contributed by atoms with van der Waals surface area (Å²) in [4.78, 5) is 2.39. The average Bonchev–Trinajstić information content (AvgIpc) is 2.79. The highest BCUT2D eigenvalue weighted by atomic mass is 19.1. The van der Waals surface area contributed by atoms with Crippen LogP contribution < -0.4 is 4.74 Å². The van der Waals surface area contributed by atoms with Gasteiger partial charge in [-0.1, -0.05) is 6.07 Å². The minimum Gasteiger partial charge on any atom is -0.490 e. The van der Waals surface area contributed by atoms with Gasteiger partial charge in [0.1, 0.15) is 23.8 Å². The van der Waals surface area contributed by atoms with Gasteiger partial charge in [0.15, 0.2) is 0 Å². The molecule has 1 aromatic rings. The van der Waals surface area contributed by atoms with Crippen molar-refractivity contribution in [2.24, 2.45) is 0 Å². The maximum Gasteiger partial charge on any atom is 0.126 e. The molecule has 3 rings (SSSR count). The first-order chi connectivity index (χ1) is 9.71. The normalized spacial score (nSPS) is 27.5. The van der Waals surface area contributed by atoms with Gasteiger partial charge in [-0.2, -0.15) is 0 Å². The van der Waals surface area contributed by atoms with Crippen LogP contribution in [0, 0.1) is 5.82 Å². The van der Waals surface area contributed by atoms with Crippen molar-refractivity contribution >= 4 is 0 Å². The zero-order chi connectivity index (χ0) is 14.0. The fourth-order valence-electron chi connectivity index (χ4n) is 2.74. The van der Waals surface area contributed by atoms with E-state index in [0.29, 0.717) is 18.4 Å². The Kier molecular flexibility index (Phi) is 3.92. The van der Waals surface area contributed by atoms with Gasteiger partial charge in [0.05, 0.1) is 19.3 Å². The topological polar surface area (TPSA) is 30.9 Å². The zero-order valence-corrected chi connectivity index (χ0v) is 11.7. The first-order valence-corrected chi connectivity index (χ1v) is 6.96. The molecule has 2 aliphatic heterocycles. The van der Waals surface area contributed by atoms with Gasteiger partial charge in [-0.15, -0.1) is 0 Å². The van der Waals surface area contributed by atoms with E-state index in [2.05, 4.69) is 4.90 Å². The molecule has 2 heterocycles. The molecule has 2 saturated heterocycles. The van der Waals surface area contributed by atoms with Crippen LogP contribution in [-0.2, 0) is 9.47 Å². The summed E-state index contributed by atoms with van der Waals surface area (Å²) < 4.78 is 29.8. The van der Waals surface area contributed by atoms with Crippen molar-refractivity contribution < 1.29 is 18.6 Å². The lowest BCUT2D eigenvalue weighted by Gasteiger charge is -2.36. The molecule has 0 saturated carbocycles. The molecular weight excluding hydrogens is 261 g/mol. The van der Waals surface area contributed by atoms with E-state index in [4.69, 9.17) is 14.2 Å². The molecule has 4 nitrogen and oxygen atoms in total. The molecule has 1 atom stereocenters. The Bertz CT molecular complexity index is 466. The third-order valence-corrected chi connectivity index (χ3v) is 4.21. The number of ether oxygens (including phenoxy) is 3. The van der Waals surface area contributed by atoms with Crippen molar-refractivity contribution in [1.82, 2.24) is 4.90 Å². The maximum atomic E-state index is 13.1. The van der Waals surface area contributed by atoms with Crippen LogP contribution in [0.25, 0.3) is 0 Å². The van der Waals surface area contributed by atoms with Gasteiger partial charge in [0.25, 0.3) is 0 Å². The van der Waals surface area contributed by atoms with Gasteiger partial charge in [-0.3, -0.25) is 4.90 Å². The lowest BCUT2D eigenvalue weighted by molar-refractivity contribution is -0.0780. The van der Waals surface area contributed by atoms with Crippen LogP contribution >= 0.6 is 0 Å². The zero-order valence-electron chi connectivity index (χ0n) is 11.7. The first-order valence-electron chi connectivity index (χ1n) is 6.96. The minimum absolute atomic E-state index is 0.284. The summed E-state index contributed by atoms with van der Waals surface area (Å²) in [6, 6.07) is 6.74. The Morgan fingerprint density at radius 1 is 1.45 bits per heavy atom. The summed E-state index contributed by atoms with van der Waals surface area (Å²) in [5, 5.41) is 0. The van der Waals surface area contributed by atoms with Crippen molar-refractivity contribution in [2.45, 2.75) is 18.1 Å². The van der Waals surface area contributed by atoms with E-state index < -0.39 is 0 Å². The van der Waals surface area contributed by atoms with E-state index in [9.17, 15) is 4.39 Å². The molecular formula is C15H20FNO3. The predicted molar refractivity (Wildman–Crippen MR) is 72.4 cm³/mol. The summed E-state index contributed by atoms with van der Waals surface area (Å²) in [5.74, 6) is 0.264. The molecule has 1 aromatic carbocycles. The number of benzene rings is 1. The molecule has 5 heteroatoms. The molecule has 2 fully saturated rings. The highest BCUT2D eigenvalue weighted by Crippen LogP contribution is 2.29. The molecule has 0 aromatic heterocycles. The van der Waals surface area contributed by atoms with Gasteiger partial charge < -0.3 is 14.2 Å². The molecule has 110 valence electrons. The number of methoxy groups -OCH3 is 1.